The van der Waals surface area contributed by atoms with Gasteiger partial charge in [-0.15, -0.1) is 0 Å². The number of anilines is 1. The Kier molecular flexibility index (Phi) is 4.31. The van der Waals surface area contributed by atoms with Crippen LogP contribution in [-0.2, 0) is 17.8 Å². The van der Waals surface area contributed by atoms with Crippen LogP contribution in [-0.4, -0.2) is 5.91 Å². The lowest BCUT2D eigenvalue weighted by atomic mass is 10.1. The third-order valence-electron chi connectivity index (χ3n) is 2.93. The molecule has 0 saturated carbocycles. The molecule has 0 bridgehead atoms. The van der Waals surface area contributed by atoms with Crippen LogP contribution in [0.2, 0.25) is 0 Å². The second kappa shape index (κ2) is 6.16. The molecule has 0 radical (unpaired) electrons. The van der Waals surface area contributed by atoms with Crippen LogP contribution in [0.15, 0.2) is 48.5 Å². The molecule has 0 aliphatic carbocycles. The lowest BCUT2D eigenvalue weighted by molar-refractivity contribution is -0.115. The Morgan fingerprint density at radius 3 is 2.42 bits per heavy atom. The molecule has 19 heavy (non-hydrogen) atoms. The molecule has 0 aromatic heterocycles. The van der Waals surface area contributed by atoms with Crippen molar-refractivity contribution in [3.8, 4) is 0 Å². The number of nitrogens with two attached hydrogens (primary N) is 1. The van der Waals surface area contributed by atoms with E-state index in [4.69, 9.17) is 5.73 Å². The highest BCUT2D eigenvalue weighted by atomic mass is 16.1. The molecule has 0 unspecified atom stereocenters. The molecule has 3 heteroatoms. The third kappa shape index (κ3) is 3.93. The van der Waals surface area contributed by atoms with Gasteiger partial charge < -0.3 is 11.1 Å². The van der Waals surface area contributed by atoms with Crippen molar-refractivity contribution in [2.24, 2.45) is 5.73 Å². The predicted octanol–water partition coefficient (Wildman–Crippen LogP) is 2.63. The van der Waals surface area contributed by atoms with Gasteiger partial charge in [0.1, 0.15) is 0 Å². The Labute approximate surface area is 113 Å². The average Bonchev–Trinajstić information content (AvgIpc) is 2.39. The van der Waals surface area contributed by atoms with Gasteiger partial charge in [-0.3, -0.25) is 4.79 Å². The molecule has 3 nitrogen and oxygen atoms in total. The van der Waals surface area contributed by atoms with Crippen molar-refractivity contribution in [2.75, 3.05) is 5.32 Å². The number of nitrogens with one attached hydrogen (secondary N) is 1. The molecule has 0 fully saturated rings. The van der Waals surface area contributed by atoms with Gasteiger partial charge >= 0.3 is 0 Å². The minimum absolute atomic E-state index is 0.00824. The van der Waals surface area contributed by atoms with Crippen LogP contribution in [0.25, 0.3) is 0 Å². The first-order chi connectivity index (χ1) is 9.17. The maximum Gasteiger partial charge on any atom is 0.228 e. The molecule has 2 aromatic carbocycles. The van der Waals surface area contributed by atoms with Crippen molar-refractivity contribution >= 4 is 11.6 Å². The fraction of sp³-hybridized carbons (Fsp3) is 0.188. The van der Waals surface area contributed by atoms with Crippen LogP contribution in [0, 0.1) is 6.92 Å². The van der Waals surface area contributed by atoms with Gasteiger partial charge in [-0.2, -0.15) is 0 Å². The molecule has 0 saturated heterocycles. The van der Waals surface area contributed by atoms with Crippen LogP contribution in [0.4, 0.5) is 5.69 Å². The largest absolute Gasteiger partial charge is 0.326 e. The van der Waals surface area contributed by atoms with Crippen molar-refractivity contribution in [3.05, 3.63) is 65.2 Å². The van der Waals surface area contributed by atoms with Gasteiger partial charge in [-0.05, 0) is 35.7 Å². The zero-order valence-corrected chi connectivity index (χ0v) is 11.0. The van der Waals surface area contributed by atoms with Crippen molar-refractivity contribution in [2.45, 2.75) is 19.9 Å². The highest BCUT2D eigenvalue weighted by molar-refractivity contribution is 5.92. The zero-order valence-electron chi connectivity index (χ0n) is 11.0. The fourth-order valence-corrected chi connectivity index (χ4v) is 1.91. The number of benzene rings is 2. The van der Waals surface area contributed by atoms with Crippen molar-refractivity contribution < 1.29 is 4.79 Å². The maximum absolute atomic E-state index is 11.9. The third-order valence-corrected chi connectivity index (χ3v) is 2.93. The van der Waals surface area contributed by atoms with Crippen molar-refractivity contribution in [3.63, 3.8) is 0 Å². The van der Waals surface area contributed by atoms with E-state index in [0.717, 1.165) is 22.4 Å². The quantitative estimate of drug-likeness (QED) is 0.881. The number of hydrogen-bond acceptors (Lipinski definition) is 2. The number of rotatable bonds is 4. The number of carbonyl (C=O) groups excluding carboxylic acids is 1. The van der Waals surface area contributed by atoms with Gasteiger partial charge in [0, 0.05) is 12.2 Å². The Bertz CT molecular complexity index is 561. The van der Waals surface area contributed by atoms with Crippen LogP contribution < -0.4 is 11.1 Å². The van der Waals surface area contributed by atoms with E-state index in [9.17, 15) is 4.79 Å². The Balaban J connectivity index is 1.97. The molecule has 0 atom stereocenters. The molecule has 0 aliphatic heterocycles. The van der Waals surface area contributed by atoms with Crippen LogP contribution >= 0.6 is 0 Å². The van der Waals surface area contributed by atoms with E-state index < -0.39 is 0 Å². The molecule has 2 rings (SSSR count). The maximum atomic E-state index is 11.9. The predicted molar refractivity (Wildman–Crippen MR) is 77.8 cm³/mol. The first-order valence-electron chi connectivity index (χ1n) is 6.32. The van der Waals surface area contributed by atoms with E-state index in [0.29, 0.717) is 13.0 Å². The van der Waals surface area contributed by atoms with Gasteiger partial charge in [0.2, 0.25) is 5.91 Å². The number of carbonyl (C=O) groups is 1. The molecule has 3 N–H and O–H groups in total. The highest BCUT2D eigenvalue weighted by Crippen LogP contribution is 2.11. The van der Waals surface area contributed by atoms with Crippen LogP contribution in [0.1, 0.15) is 16.7 Å². The van der Waals surface area contributed by atoms with Crippen molar-refractivity contribution in [1.29, 1.82) is 0 Å². The summed E-state index contributed by atoms with van der Waals surface area (Å²) in [6.07, 6.45) is 0.374. The summed E-state index contributed by atoms with van der Waals surface area (Å²) in [6.45, 7) is 2.52. The van der Waals surface area contributed by atoms with E-state index in [2.05, 4.69) is 5.32 Å². The second-order valence-corrected chi connectivity index (χ2v) is 4.62. The van der Waals surface area contributed by atoms with Gasteiger partial charge in [0.15, 0.2) is 0 Å². The highest BCUT2D eigenvalue weighted by Gasteiger charge is 2.04. The van der Waals surface area contributed by atoms with Crippen LogP contribution in [0.5, 0.6) is 0 Å². The Hall–Kier alpha value is -2.13. The first-order valence-corrected chi connectivity index (χ1v) is 6.32. The lowest BCUT2D eigenvalue weighted by Gasteiger charge is -2.06. The summed E-state index contributed by atoms with van der Waals surface area (Å²) in [5.41, 5.74) is 9.56. The molecule has 1 amide bonds. The summed E-state index contributed by atoms with van der Waals surface area (Å²) in [4.78, 5) is 11.9. The van der Waals surface area contributed by atoms with E-state index in [-0.39, 0.29) is 5.91 Å². The number of aryl methyl sites for hydroxylation is 1. The van der Waals surface area contributed by atoms with Gasteiger partial charge in [0.25, 0.3) is 0 Å². The van der Waals surface area contributed by atoms with Gasteiger partial charge in [-0.25, -0.2) is 0 Å². The Morgan fingerprint density at radius 1 is 1.11 bits per heavy atom. The topological polar surface area (TPSA) is 55.1 Å². The summed E-state index contributed by atoms with van der Waals surface area (Å²) in [6, 6.07) is 15.6. The molecule has 2 aromatic rings. The van der Waals surface area contributed by atoms with E-state index in [1.807, 2.05) is 55.5 Å². The average molecular weight is 254 g/mol. The van der Waals surface area contributed by atoms with E-state index in [1.165, 1.54) is 0 Å². The van der Waals surface area contributed by atoms with Gasteiger partial charge in [-0.1, -0.05) is 36.4 Å². The number of hydrogen-bond donors (Lipinski definition) is 2. The minimum Gasteiger partial charge on any atom is -0.326 e. The summed E-state index contributed by atoms with van der Waals surface area (Å²) in [5, 5.41) is 2.90. The lowest BCUT2D eigenvalue weighted by Crippen LogP contribution is -2.14. The minimum atomic E-state index is -0.00824. The molecule has 0 spiro atoms. The number of amides is 1. The van der Waals surface area contributed by atoms with E-state index in [1.54, 1.807) is 0 Å². The summed E-state index contributed by atoms with van der Waals surface area (Å²) in [7, 11) is 0. The molecular weight excluding hydrogens is 236 g/mol. The van der Waals surface area contributed by atoms with E-state index >= 15 is 0 Å². The molecule has 0 aliphatic rings. The van der Waals surface area contributed by atoms with Gasteiger partial charge in [0.05, 0.1) is 6.42 Å². The molecular formula is C16H18N2O. The smallest absolute Gasteiger partial charge is 0.228 e. The van der Waals surface area contributed by atoms with Crippen LogP contribution in [0.3, 0.4) is 0 Å². The summed E-state index contributed by atoms with van der Waals surface area (Å²) >= 11 is 0. The first kappa shape index (κ1) is 13.3. The van der Waals surface area contributed by atoms with Crippen molar-refractivity contribution in [1.82, 2.24) is 0 Å². The zero-order chi connectivity index (χ0) is 13.7. The SMILES string of the molecule is Cc1cccc(NC(=O)Cc2ccc(CN)cc2)c1. The fourth-order valence-electron chi connectivity index (χ4n) is 1.91. The Morgan fingerprint density at radius 2 is 1.79 bits per heavy atom. The standard InChI is InChI=1S/C16H18N2O/c1-12-3-2-4-15(9-12)18-16(19)10-13-5-7-14(11-17)8-6-13/h2-9H,10-11,17H2,1H3,(H,18,19). The summed E-state index contributed by atoms with van der Waals surface area (Å²) in [5.74, 6) is -0.00824. The normalized spacial score (nSPS) is 10.2. The second-order valence-electron chi connectivity index (χ2n) is 4.62. The molecule has 98 valence electrons. The molecule has 0 heterocycles. The monoisotopic (exact) mass is 254 g/mol. The summed E-state index contributed by atoms with van der Waals surface area (Å²) < 4.78 is 0.